The molecule has 0 unspecified atom stereocenters. The topological polar surface area (TPSA) is 61.4 Å². The van der Waals surface area contributed by atoms with Crippen LogP contribution in [0, 0.1) is 5.82 Å². The van der Waals surface area contributed by atoms with Gasteiger partial charge in [0.1, 0.15) is 5.82 Å². The number of anilines is 2. The molecule has 3 rings (SSSR count). The highest BCUT2D eigenvalue weighted by molar-refractivity contribution is 6.02. The molecule has 0 fully saturated rings. The Morgan fingerprint density at radius 1 is 0.903 bits per heavy atom. The van der Waals surface area contributed by atoms with Crippen LogP contribution in [0.25, 0.3) is 0 Å². The minimum absolute atomic E-state index is 0.119. The average molecular weight is 420 g/mol. The summed E-state index contributed by atoms with van der Waals surface area (Å²) < 4.78 is 13.0. The molecule has 3 aromatic rings. The highest BCUT2D eigenvalue weighted by Gasteiger charge is 2.15. The molecule has 160 valence electrons. The van der Waals surface area contributed by atoms with Crippen LogP contribution in [-0.4, -0.2) is 32.5 Å². The van der Waals surface area contributed by atoms with Gasteiger partial charge in [0.15, 0.2) is 0 Å². The van der Waals surface area contributed by atoms with Crippen molar-refractivity contribution in [2.24, 2.45) is 0 Å². The van der Waals surface area contributed by atoms with E-state index < -0.39 is 0 Å². The Bertz CT molecular complexity index is 1030. The Hall–Kier alpha value is -3.67. The largest absolute Gasteiger partial charge is 0.377 e. The van der Waals surface area contributed by atoms with Gasteiger partial charge in [-0.05, 0) is 47.9 Å². The van der Waals surface area contributed by atoms with Gasteiger partial charge in [0.25, 0.3) is 5.91 Å². The van der Waals surface area contributed by atoms with E-state index in [9.17, 15) is 14.0 Å². The van der Waals surface area contributed by atoms with Crippen LogP contribution in [-0.2, 0) is 17.6 Å². The van der Waals surface area contributed by atoms with Gasteiger partial charge >= 0.3 is 0 Å². The summed E-state index contributed by atoms with van der Waals surface area (Å²) in [4.78, 5) is 27.1. The molecule has 2 amide bonds. The molecule has 0 aliphatic carbocycles. The molecule has 2 N–H and O–H groups in total. The average Bonchev–Trinajstić information content (AvgIpc) is 2.76. The van der Waals surface area contributed by atoms with Crippen LogP contribution in [0.15, 0.2) is 72.8 Å². The van der Waals surface area contributed by atoms with Gasteiger partial charge in [-0.25, -0.2) is 4.39 Å². The summed E-state index contributed by atoms with van der Waals surface area (Å²) >= 11 is 0. The summed E-state index contributed by atoms with van der Waals surface area (Å²) in [6.07, 6.45) is 0.853. The number of hydrogen-bond acceptors (Lipinski definition) is 3. The molecule has 6 heteroatoms. The molecular weight excluding hydrogens is 393 g/mol. The van der Waals surface area contributed by atoms with Crippen molar-refractivity contribution in [3.8, 4) is 0 Å². The van der Waals surface area contributed by atoms with Crippen molar-refractivity contribution >= 4 is 23.2 Å². The second-order valence-electron chi connectivity index (χ2n) is 7.47. The number of hydrogen-bond donors (Lipinski definition) is 2. The van der Waals surface area contributed by atoms with Gasteiger partial charge in [0, 0.05) is 32.0 Å². The van der Waals surface area contributed by atoms with Crippen LogP contribution in [0.5, 0.6) is 0 Å². The highest BCUT2D eigenvalue weighted by atomic mass is 19.1. The van der Waals surface area contributed by atoms with Gasteiger partial charge in [0.05, 0.1) is 12.0 Å². The molecule has 0 atom stereocenters. The first-order valence-electron chi connectivity index (χ1n) is 10.1. The van der Waals surface area contributed by atoms with Crippen LogP contribution < -0.4 is 15.5 Å². The van der Waals surface area contributed by atoms with Crippen LogP contribution in [0.2, 0.25) is 0 Å². The Kier molecular flexibility index (Phi) is 7.38. The number of amides is 2. The number of carbonyl (C=O) groups excluding carboxylic acids is 2. The van der Waals surface area contributed by atoms with E-state index in [1.54, 1.807) is 30.3 Å². The highest BCUT2D eigenvalue weighted by Crippen LogP contribution is 2.23. The van der Waals surface area contributed by atoms with E-state index >= 15 is 0 Å². The first-order valence-corrected chi connectivity index (χ1v) is 10.1. The lowest BCUT2D eigenvalue weighted by Gasteiger charge is -2.18. The van der Waals surface area contributed by atoms with E-state index in [0.29, 0.717) is 23.4 Å². The third-order valence-electron chi connectivity index (χ3n) is 4.83. The summed E-state index contributed by atoms with van der Waals surface area (Å²) in [6, 6.07) is 21.0. The fourth-order valence-electron chi connectivity index (χ4n) is 3.24. The normalized spacial score (nSPS) is 10.4. The molecule has 31 heavy (non-hydrogen) atoms. The number of halogens is 1. The maximum absolute atomic E-state index is 13.0. The number of nitrogens with one attached hydrogen (secondary N) is 2. The minimum atomic E-state index is -0.341. The second kappa shape index (κ2) is 10.4. The summed E-state index contributed by atoms with van der Waals surface area (Å²) in [7, 11) is 3.73. The van der Waals surface area contributed by atoms with E-state index in [1.165, 1.54) is 12.1 Å². The lowest BCUT2D eigenvalue weighted by molar-refractivity contribution is -0.115. The quantitative estimate of drug-likeness (QED) is 0.579. The fourth-order valence-corrected chi connectivity index (χ4v) is 3.24. The molecule has 3 aromatic carbocycles. The van der Waals surface area contributed by atoms with Crippen molar-refractivity contribution in [2.75, 3.05) is 30.9 Å². The van der Waals surface area contributed by atoms with Gasteiger partial charge in [-0.2, -0.15) is 0 Å². The first kappa shape index (κ1) is 22.0. The third-order valence-corrected chi connectivity index (χ3v) is 4.83. The van der Waals surface area contributed by atoms with Crippen molar-refractivity contribution in [3.63, 3.8) is 0 Å². The van der Waals surface area contributed by atoms with Gasteiger partial charge in [-0.1, -0.05) is 42.5 Å². The lowest BCUT2D eigenvalue weighted by atomic mass is 10.1. The molecule has 0 heterocycles. The molecule has 0 aromatic heterocycles. The Labute approximate surface area is 181 Å². The van der Waals surface area contributed by atoms with Crippen molar-refractivity contribution in [1.82, 2.24) is 5.32 Å². The molecule has 0 spiro atoms. The SMILES string of the molecule is CN(C)c1ccc(NC(=O)Cc2ccc(F)cc2)cc1C(=O)NCCc1ccccc1. The van der Waals surface area contributed by atoms with Crippen molar-refractivity contribution < 1.29 is 14.0 Å². The zero-order chi connectivity index (χ0) is 22.2. The van der Waals surface area contributed by atoms with Gasteiger partial charge in [-0.3, -0.25) is 9.59 Å². The Morgan fingerprint density at radius 2 is 1.61 bits per heavy atom. The monoisotopic (exact) mass is 419 g/mol. The van der Waals surface area contributed by atoms with E-state index in [2.05, 4.69) is 10.6 Å². The van der Waals surface area contributed by atoms with Crippen LogP contribution in [0.3, 0.4) is 0 Å². The van der Waals surface area contributed by atoms with Crippen molar-refractivity contribution in [1.29, 1.82) is 0 Å². The lowest BCUT2D eigenvalue weighted by Crippen LogP contribution is -2.28. The predicted octanol–water partition coefficient (Wildman–Crippen LogP) is 4.05. The molecule has 0 aliphatic rings. The molecular formula is C25H26FN3O2. The molecule has 5 nitrogen and oxygen atoms in total. The zero-order valence-corrected chi connectivity index (χ0v) is 17.7. The van der Waals surface area contributed by atoms with E-state index in [1.807, 2.05) is 49.3 Å². The van der Waals surface area contributed by atoms with Gasteiger partial charge in [-0.15, -0.1) is 0 Å². The maximum Gasteiger partial charge on any atom is 0.253 e. The molecule has 0 saturated heterocycles. The van der Waals surface area contributed by atoms with Crippen molar-refractivity contribution in [2.45, 2.75) is 12.8 Å². The smallest absolute Gasteiger partial charge is 0.253 e. The van der Waals surface area contributed by atoms with E-state index in [0.717, 1.165) is 17.7 Å². The van der Waals surface area contributed by atoms with Crippen LogP contribution in [0.4, 0.5) is 15.8 Å². The summed E-state index contributed by atoms with van der Waals surface area (Å²) in [5, 5.41) is 5.77. The molecule has 0 radical (unpaired) electrons. The number of nitrogens with zero attached hydrogens (tertiary/aromatic N) is 1. The maximum atomic E-state index is 13.0. The van der Waals surface area contributed by atoms with Gasteiger partial charge < -0.3 is 15.5 Å². The van der Waals surface area contributed by atoms with E-state index in [-0.39, 0.29) is 24.1 Å². The van der Waals surface area contributed by atoms with Crippen molar-refractivity contribution in [3.05, 3.63) is 95.3 Å². The first-order chi connectivity index (χ1) is 14.9. The standard InChI is InChI=1S/C25H26FN3O2/c1-29(2)23-13-12-21(28-24(30)16-19-8-10-20(26)11-9-19)17-22(23)25(31)27-15-14-18-6-4-3-5-7-18/h3-13,17H,14-16H2,1-2H3,(H,27,31)(H,28,30). The summed E-state index contributed by atoms with van der Waals surface area (Å²) in [6.45, 7) is 0.511. The number of benzene rings is 3. The molecule has 0 aliphatic heterocycles. The summed E-state index contributed by atoms with van der Waals surface area (Å²) in [5.74, 6) is -0.778. The number of rotatable bonds is 8. The number of carbonyl (C=O) groups is 2. The molecule has 0 bridgehead atoms. The van der Waals surface area contributed by atoms with Crippen LogP contribution >= 0.6 is 0 Å². The predicted molar refractivity (Wildman–Crippen MR) is 122 cm³/mol. The van der Waals surface area contributed by atoms with Crippen LogP contribution in [0.1, 0.15) is 21.5 Å². The second-order valence-corrected chi connectivity index (χ2v) is 7.47. The minimum Gasteiger partial charge on any atom is -0.377 e. The fraction of sp³-hybridized carbons (Fsp3) is 0.200. The Balaban J connectivity index is 1.67. The summed E-state index contributed by atoms with van der Waals surface area (Å²) in [5.41, 5.74) is 3.64. The zero-order valence-electron chi connectivity index (χ0n) is 17.7. The molecule has 0 saturated carbocycles. The van der Waals surface area contributed by atoms with E-state index in [4.69, 9.17) is 0 Å². The third kappa shape index (κ3) is 6.40. The van der Waals surface area contributed by atoms with Gasteiger partial charge in [0.2, 0.25) is 5.91 Å². The Morgan fingerprint density at radius 3 is 2.29 bits per heavy atom.